The summed E-state index contributed by atoms with van der Waals surface area (Å²) in [5.41, 5.74) is 0.693. The van der Waals surface area contributed by atoms with Crippen LogP contribution in [0.5, 0.6) is 5.75 Å². The summed E-state index contributed by atoms with van der Waals surface area (Å²) in [5.74, 6) is -1.37. The highest BCUT2D eigenvalue weighted by atomic mass is 19.1. The molecule has 23 heavy (non-hydrogen) atoms. The summed E-state index contributed by atoms with van der Waals surface area (Å²) in [6, 6.07) is 12.4. The molecular weight excluding hydrogens is 303 g/mol. The van der Waals surface area contributed by atoms with E-state index in [4.69, 9.17) is 4.74 Å². The fraction of sp³-hybridized carbons (Fsp3) is 0.188. The lowest BCUT2D eigenvalue weighted by Gasteiger charge is -2.08. The van der Waals surface area contributed by atoms with Gasteiger partial charge in [-0.1, -0.05) is 30.3 Å². The Kier molecular flexibility index (Phi) is 5.62. The number of nitro benzene ring substituents is 1. The Bertz CT molecular complexity index is 692. The van der Waals surface area contributed by atoms with Crippen LogP contribution in [0.3, 0.4) is 0 Å². The highest BCUT2D eigenvalue weighted by molar-refractivity contribution is 5.77. The van der Waals surface area contributed by atoms with Gasteiger partial charge in [-0.05, 0) is 18.1 Å². The highest BCUT2D eigenvalue weighted by Crippen LogP contribution is 2.27. The molecule has 0 aromatic heterocycles. The summed E-state index contributed by atoms with van der Waals surface area (Å²) in [6.45, 7) is -0.00344. The molecule has 0 aliphatic heterocycles. The molecule has 0 aliphatic carbocycles. The summed E-state index contributed by atoms with van der Waals surface area (Å²) in [5, 5.41) is 13.4. The minimum atomic E-state index is -0.692. The lowest BCUT2D eigenvalue weighted by Crippen LogP contribution is -2.30. The number of carbonyl (C=O) groups excluding carboxylic acids is 1. The van der Waals surface area contributed by atoms with Crippen molar-refractivity contribution in [3.05, 3.63) is 70.0 Å². The van der Waals surface area contributed by atoms with E-state index in [1.807, 2.05) is 30.3 Å². The number of amides is 1. The molecule has 7 heteroatoms. The highest BCUT2D eigenvalue weighted by Gasteiger charge is 2.16. The van der Waals surface area contributed by atoms with Gasteiger partial charge in [0.1, 0.15) is 5.82 Å². The van der Waals surface area contributed by atoms with Gasteiger partial charge in [0.05, 0.1) is 4.92 Å². The molecule has 0 aliphatic rings. The topological polar surface area (TPSA) is 81.5 Å². The van der Waals surface area contributed by atoms with E-state index in [-0.39, 0.29) is 11.4 Å². The van der Waals surface area contributed by atoms with Gasteiger partial charge in [0.2, 0.25) is 5.75 Å². The number of hydrogen-bond donors (Lipinski definition) is 1. The maximum Gasteiger partial charge on any atom is 0.311 e. The molecule has 0 saturated heterocycles. The molecule has 0 fully saturated rings. The second kappa shape index (κ2) is 7.88. The number of carbonyl (C=O) groups is 1. The number of rotatable bonds is 7. The van der Waals surface area contributed by atoms with E-state index in [2.05, 4.69) is 5.32 Å². The second-order valence-corrected chi connectivity index (χ2v) is 4.74. The van der Waals surface area contributed by atoms with E-state index in [1.54, 1.807) is 0 Å². The summed E-state index contributed by atoms with van der Waals surface area (Å²) >= 11 is 0. The zero-order valence-electron chi connectivity index (χ0n) is 12.2. The van der Waals surface area contributed by atoms with Crippen LogP contribution in [0.4, 0.5) is 10.1 Å². The van der Waals surface area contributed by atoms with Gasteiger partial charge in [0.15, 0.2) is 6.61 Å². The maximum atomic E-state index is 13.1. The molecule has 6 nitrogen and oxygen atoms in total. The second-order valence-electron chi connectivity index (χ2n) is 4.74. The number of nitrogens with zero attached hydrogens (tertiary/aromatic N) is 1. The average molecular weight is 318 g/mol. The van der Waals surface area contributed by atoms with E-state index < -0.39 is 23.3 Å². The number of benzene rings is 2. The van der Waals surface area contributed by atoms with Crippen LogP contribution >= 0.6 is 0 Å². The third-order valence-electron chi connectivity index (χ3n) is 3.06. The van der Waals surface area contributed by atoms with Crippen LogP contribution in [0.1, 0.15) is 5.56 Å². The number of nitro groups is 1. The average Bonchev–Trinajstić information content (AvgIpc) is 2.53. The van der Waals surface area contributed by atoms with Crippen LogP contribution in [0, 0.1) is 15.9 Å². The van der Waals surface area contributed by atoms with E-state index >= 15 is 0 Å². The molecule has 0 unspecified atom stereocenters. The van der Waals surface area contributed by atoms with Gasteiger partial charge < -0.3 is 10.1 Å². The molecule has 2 aromatic carbocycles. The molecule has 1 N–H and O–H groups in total. The zero-order valence-corrected chi connectivity index (χ0v) is 12.2. The summed E-state index contributed by atoms with van der Waals surface area (Å²) in [4.78, 5) is 21.8. The Hall–Kier alpha value is -2.96. The Balaban J connectivity index is 1.82. The van der Waals surface area contributed by atoms with Crippen LogP contribution in [-0.2, 0) is 11.2 Å². The van der Waals surface area contributed by atoms with Crippen molar-refractivity contribution in [3.63, 3.8) is 0 Å². The molecule has 2 aromatic rings. The van der Waals surface area contributed by atoms with E-state index in [1.165, 1.54) is 0 Å². The first-order valence-electron chi connectivity index (χ1n) is 6.93. The Morgan fingerprint density at radius 3 is 2.65 bits per heavy atom. The predicted octanol–water partition coefficient (Wildman–Crippen LogP) is 2.47. The fourth-order valence-electron chi connectivity index (χ4n) is 1.94. The van der Waals surface area contributed by atoms with Crippen molar-refractivity contribution in [2.24, 2.45) is 0 Å². The van der Waals surface area contributed by atoms with Gasteiger partial charge >= 0.3 is 5.69 Å². The third kappa shape index (κ3) is 5.06. The van der Waals surface area contributed by atoms with Crippen LogP contribution < -0.4 is 10.1 Å². The van der Waals surface area contributed by atoms with Gasteiger partial charge in [0.25, 0.3) is 5.91 Å². The molecule has 0 heterocycles. The van der Waals surface area contributed by atoms with Gasteiger partial charge in [-0.3, -0.25) is 14.9 Å². The van der Waals surface area contributed by atoms with E-state index in [9.17, 15) is 19.3 Å². The van der Waals surface area contributed by atoms with Gasteiger partial charge in [-0.15, -0.1) is 0 Å². The number of halogens is 1. The van der Waals surface area contributed by atoms with Crippen molar-refractivity contribution in [3.8, 4) is 5.75 Å². The Morgan fingerprint density at radius 1 is 1.22 bits per heavy atom. The molecule has 0 spiro atoms. The largest absolute Gasteiger partial charge is 0.477 e. The number of hydrogen-bond acceptors (Lipinski definition) is 4. The van der Waals surface area contributed by atoms with Crippen LogP contribution in [0.2, 0.25) is 0 Å². The third-order valence-corrected chi connectivity index (χ3v) is 3.06. The monoisotopic (exact) mass is 318 g/mol. The smallest absolute Gasteiger partial charge is 0.311 e. The predicted molar refractivity (Wildman–Crippen MR) is 81.7 cm³/mol. The van der Waals surface area contributed by atoms with Crippen molar-refractivity contribution in [1.82, 2.24) is 5.32 Å². The molecule has 0 radical (unpaired) electrons. The van der Waals surface area contributed by atoms with Crippen molar-refractivity contribution in [2.45, 2.75) is 6.42 Å². The van der Waals surface area contributed by atoms with Gasteiger partial charge in [-0.2, -0.15) is 0 Å². The van der Waals surface area contributed by atoms with E-state index in [0.29, 0.717) is 13.0 Å². The Morgan fingerprint density at radius 2 is 1.96 bits per heavy atom. The number of nitrogens with one attached hydrogen (secondary N) is 1. The summed E-state index contributed by atoms with van der Waals surface area (Å²) in [7, 11) is 0. The minimum Gasteiger partial charge on any atom is -0.477 e. The quantitative estimate of drug-likeness (QED) is 0.628. The van der Waals surface area contributed by atoms with Crippen LogP contribution in [0.25, 0.3) is 0 Å². The van der Waals surface area contributed by atoms with Gasteiger partial charge in [-0.25, -0.2) is 4.39 Å². The van der Waals surface area contributed by atoms with Crippen molar-refractivity contribution in [1.29, 1.82) is 0 Å². The van der Waals surface area contributed by atoms with Crippen LogP contribution in [-0.4, -0.2) is 24.0 Å². The molecule has 2 rings (SSSR count). The fourth-order valence-corrected chi connectivity index (χ4v) is 1.94. The molecule has 120 valence electrons. The van der Waals surface area contributed by atoms with Crippen LogP contribution in [0.15, 0.2) is 48.5 Å². The summed E-state index contributed by atoms with van der Waals surface area (Å²) < 4.78 is 18.2. The first-order chi connectivity index (χ1) is 11.1. The maximum absolute atomic E-state index is 13.1. The molecule has 0 bridgehead atoms. The van der Waals surface area contributed by atoms with Crippen molar-refractivity contribution >= 4 is 11.6 Å². The van der Waals surface area contributed by atoms with Crippen molar-refractivity contribution in [2.75, 3.05) is 13.2 Å². The normalized spacial score (nSPS) is 10.1. The molecule has 0 saturated carbocycles. The minimum absolute atomic E-state index is 0.270. The molecule has 1 amide bonds. The molecule has 0 atom stereocenters. The van der Waals surface area contributed by atoms with E-state index in [0.717, 1.165) is 23.8 Å². The lowest BCUT2D eigenvalue weighted by molar-refractivity contribution is -0.385. The SMILES string of the molecule is O=C(COc1cc(F)ccc1[N+](=O)[O-])NCCc1ccccc1. The first kappa shape index (κ1) is 16.4. The van der Waals surface area contributed by atoms with Crippen molar-refractivity contribution < 1.29 is 18.8 Å². The zero-order chi connectivity index (χ0) is 16.7. The van der Waals surface area contributed by atoms with Gasteiger partial charge in [0, 0.05) is 18.7 Å². The summed E-state index contributed by atoms with van der Waals surface area (Å²) in [6.07, 6.45) is 0.659. The lowest BCUT2D eigenvalue weighted by atomic mass is 10.1. The first-order valence-corrected chi connectivity index (χ1v) is 6.93. The standard InChI is InChI=1S/C16H15FN2O4/c17-13-6-7-14(19(21)22)15(10-13)23-11-16(20)18-9-8-12-4-2-1-3-5-12/h1-7,10H,8-9,11H2,(H,18,20). The molecular formula is C16H15FN2O4. The Labute approximate surface area is 132 Å². The number of ether oxygens (including phenoxy) is 1.